The monoisotopic (exact) mass is 239 g/mol. The fraction of sp³-hybridized carbons (Fsp3) is 0.857. The number of likely N-dealkylation sites (tertiary alicyclic amines) is 1. The van der Waals surface area contributed by atoms with E-state index in [-0.39, 0.29) is 0 Å². The maximum absolute atomic E-state index is 3.93. The van der Waals surface area contributed by atoms with Gasteiger partial charge in [-0.15, -0.1) is 0 Å². The molecule has 1 fully saturated rings. The molecule has 0 spiro atoms. The van der Waals surface area contributed by atoms with Crippen molar-refractivity contribution in [3.05, 3.63) is 11.8 Å². The first-order chi connectivity index (χ1) is 8.01. The lowest BCUT2D eigenvalue weighted by Gasteiger charge is -2.26. The number of azo groups is 1. The molecule has 0 atom stereocenters. The molecule has 0 saturated carbocycles. The SMILES string of the molecule is C/C=C(\N=NC)C(C)C.CC1CCN(C)CC1. The van der Waals surface area contributed by atoms with Crippen LogP contribution in [-0.2, 0) is 0 Å². The molecule has 1 aliphatic heterocycles. The summed E-state index contributed by atoms with van der Waals surface area (Å²) in [6.45, 7) is 11.1. The first-order valence-electron chi connectivity index (χ1n) is 6.65. The smallest absolute Gasteiger partial charge is 0.0608 e. The maximum atomic E-state index is 3.93. The highest BCUT2D eigenvalue weighted by atomic mass is 15.1. The molecule has 0 aromatic heterocycles. The lowest BCUT2D eigenvalue weighted by atomic mass is 10.00. The number of nitrogens with zero attached hydrogens (tertiary/aromatic N) is 3. The van der Waals surface area contributed by atoms with Gasteiger partial charge < -0.3 is 4.90 Å². The van der Waals surface area contributed by atoms with Crippen molar-refractivity contribution in [2.75, 3.05) is 27.2 Å². The van der Waals surface area contributed by atoms with Gasteiger partial charge in [0.1, 0.15) is 0 Å². The van der Waals surface area contributed by atoms with Gasteiger partial charge in [0, 0.05) is 7.05 Å². The molecule has 0 bridgehead atoms. The number of hydrogen-bond donors (Lipinski definition) is 0. The fourth-order valence-electron chi connectivity index (χ4n) is 1.76. The minimum atomic E-state index is 0.485. The van der Waals surface area contributed by atoms with Crippen LogP contribution in [0.15, 0.2) is 22.0 Å². The summed E-state index contributed by atoms with van der Waals surface area (Å²) in [5, 5.41) is 7.61. The summed E-state index contributed by atoms with van der Waals surface area (Å²) >= 11 is 0. The quantitative estimate of drug-likeness (QED) is 0.670. The van der Waals surface area contributed by atoms with Crippen LogP contribution in [0, 0.1) is 11.8 Å². The van der Waals surface area contributed by atoms with Crippen LogP contribution in [0.3, 0.4) is 0 Å². The van der Waals surface area contributed by atoms with Gasteiger partial charge in [-0.05, 0) is 51.7 Å². The summed E-state index contributed by atoms with van der Waals surface area (Å²) in [5.74, 6) is 1.46. The number of hydrogen-bond acceptors (Lipinski definition) is 3. The van der Waals surface area contributed by atoms with Gasteiger partial charge in [0.2, 0.25) is 0 Å². The summed E-state index contributed by atoms with van der Waals surface area (Å²) in [6, 6.07) is 0. The van der Waals surface area contributed by atoms with E-state index in [2.05, 4.69) is 42.9 Å². The van der Waals surface area contributed by atoms with Crippen molar-refractivity contribution in [2.45, 2.75) is 40.5 Å². The molecule has 1 heterocycles. The molecular weight excluding hydrogens is 210 g/mol. The zero-order valence-corrected chi connectivity index (χ0v) is 12.4. The van der Waals surface area contributed by atoms with Crippen LogP contribution in [0.2, 0.25) is 0 Å². The Morgan fingerprint density at radius 2 is 1.82 bits per heavy atom. The standard InChI is InChI=1S/C7H14N2.C7H15N/c1-5-7(6(2)3)9-8-4;1-7-3-5-8(2)6-4-7/h5-6H,1-4H3;7H,3-6H2,1-2H3/b7-5-,9-8?;. The van der Waals surface area contributed by atoms with Gasteiger partial charge >= 0.3 is 0 Å². The van der Waals surface area contributed by atoms with Crippen molar-refractivity contribution in [1.29, 1.82) is 0 Å². The zero-order valence-electron chi connectivity index (χ0n) is 12.4. The topological polar surface area (TPSA) is 28.0 Å². The lowest BCUT2D eigenvalue weighted by molar-refractivity contribution is 0.230. The first-order valence-corrected chi connectivity index (χ1v) is 6.65. The van der Waals surface area contributed by atoms with Crippen LogP contribution in [0.25, 0.3) is 0 Å². The minimum absolute atomic E-state index is 0.485. The highest BCUT2D eigenvalue weighted by Crippen LogP contribution is 2.13. The molecule has 0 aliphatic carbocycles. The van der Waals surface area contributed by atoms with E-state index < -0.39 is 0 Å². The Balaban J connectivity index is 0.000000302. The van der Waals surface area contributed by atoms with Crippen molar-refractivity contribution < 1.29 is 0 Å². The van der Waals surface area contributed by atoms with E-state index in [1.54, 1.807) is 7.05 Å². The van der Waals surface area contributed by atoms with E-state index >= 15 is 0 Å². The Labute approximate surface area is 107 Å². The molecule has 1 rings (SSSR count). The van der Waals surface area contributed by atoms with E-state index in [1.807, 2.05) is 13.0 Å². The first kappa shape index (κ1) is 16.3. The second-order valence-electron chi connectivity index (χ2n) is 5.15. The summed E-state index contributed by atoms with van der Waals surface area (Å²) in [5.41, 5.74) is 1.05. The Kier molecular flexibility index (Phi) is 8.96. The van der Waals surface area contributed by atoms with Crippen molar-refractivity contribution in [3.63, 3.8) is 0 Å². The third kappa shape index (κ3) is 8.08. The van der Waals surface area contributed by atoms with Crippen LogP contribution in [0.1, 0.15) is 40.5 Å². The molecule has 1 aliphatic rings. The van der Waals surface area contributed by atoms with E-state index in [0.717, 1.165) is 11.6 Å². The molecule has 3 heteroatoms. The Hall–Kier alpha value is -0.700. The molecule has 0 radical (unpaired) electrons. The Bertz CT molecular complexity index is 226. The van der Waals surface area contributed by atoms with Crippen LogP contribution in [0.4, 0.5) is 0 Å². The average molecular weight is 239 g/mol. The second kappa shape index (κ2) is 9.34. The Morgan fingerprint density at radius 3 is 2.06 bits per heavy atom. The zero-order chi connectivity index (χ0) is 13.3. The third-order valence-electron chi connectivity index (χ3n) is 3.11. The average Bonchev–Trinajstić information content (AvgIpc) is 2.30. The molecule has 0 unspecified atom stereocenters. The lowest BCUT2D eigenvalue weighted by Crippen LogP contribution is -2.28. The van der Waals surface area contributed by atoms with E-state index in [9.17, 15) is 0 Å². The normalized spacial score (nSPS) is 19.6. The van der Waals surface area contributed by atoms with Gasteiger partial charge in [0.25, 0.3) is 0 Å². The minimum Gasteiger partial charge on any atom is -0.306 e. The highest BCUT2D eigenvalue weighted by Gasteiger charge is 2.10. The van der Waals surface area contributed by atoms with Crippen molar-refractivity contribution in [2.24, 2.45) is 22.1 Å². The molecule has 1 saturated heterocycles. The molecule has 0 aromatic carbocycles. The number of allylic oxidation sites excluding steroid dienone is 2. The van der Waals surface area contributed by atoms with Gasteiger partial charge in [-0.3, -0.25) is 0 Å². The fourth-order valence-corrected chi connectivity index (χ4v) is 1.76. The predicted octanol–water partition coefficient (Wildman–Crippen LogP) is 3.98. The molecule has 17 heavy (non-hydrogen) atoms. The van der Waals surface area contributed by atoms with Gasteiger partial charge in [-0.2, -0.15) is 10.2 Å². The van der Waals surface area contributed by atoms with Crippen LogP contribution in [-0.4, -0.2) is 32.1 Å². The van der Waals surface area contributed by atoms with Gasteiger partial charge in [0.15, 0.2) is 0 Å². The van der Waals surface area contributed by atoms with E-state index in [1.165, 1.54) is 25.9 Å². The Morgan fingerprint density at radius 1 is 1.29 bits per heavy atom. The van der Waals surface area contributed by atoms with Crippen LogP contribution >= 0.6 is 0 Å². The van der Waals surface area contributed by atoms with E-state index in [4.69, 9.17) is 0 Å². The van der Waals surface area contributed by atoms with Crippen molar-refractivity contribution >= 4 is 0 Å². The number of rotatable bonds is 2. The van der Waals surface area contributed by atoms with Crippen molar-refractivity contribution in [3.8, 4) is 0 Å². The molecule has 0 aromatic rings. The van der Waals surface area contributed by atoms with Crippen LogP contribution < -0.4 is 0 Å². The summed E-state index contributed by atoms with van der Waals surface area (Å²) < 4.78 is 0. The second-order valence-corrected chi connectivity index (χ2v) is 5.15. The molecule has 100 valence electrons. The van der Waals surface area contributed by atoms with Gasteiger partial charge in [-0.25, -0.2) is 0 Å². The van der Waals surface area contributed by atoms with Crippen molar-refractivity contribution in [1.82, 2.24) is 4.90 Å². The van der Waals surface area contributed by atoms with E-state index in [0.29, 0.717) is 5.92 Å². The molecule has 3 nitrogen and oxygen atoms in total. The van der Waals surface area contributed by atoms with Gasteiger partial charge in [-0.1, -0.05) is 26.8 Å². The summed E-state index contributed by atoms with van der Waals surface area (Å²) in [4.78, 5) is 2.40. The molecular formula is C14H29N3. The predicted molar refractivity (Wildman–Crippen MR) is 75.3 cm³/mol. The molecule has 0 N–H and O–H groups in total. The highest BCUT2D eigenvalue weighted by molar-refractivity contribution is 4.99. The largest absolute Gasteiger partial charge is 0.306 e. The van der Waals surface area contributed by atoms with Crippen LogP contribution in [0.5, 0.6) is 0 Å². The summed E-state index contributed by atoms with van der Waals surface area (Å²) in [7, 11) is 3.89. The molecule has 0 amide bonds. The van der Waals surface area contributed by atoms with Gasteiger partial charge in [0.05, 0.1) is 5.70 Å². The maximum Gasteiger partial charge on any atom is 0.0608 e. The summed E-state index contributed by atoms with van der Waals surface area (Å²) in [6.07, 6.45) is 4.78. The third-order valence-corrected chi connectivity index (χ3v) is 3.11. The number of piperidine rings is 1.